The van der Waals surface area contributed by atoms with Crippen molar-refractivity contribution in [2.75, 3.05) is 18.6 Å². The zero-order valence-electron chi connectivity index (χ0n) is 18.4. The number of aromatic hydroxyl groups is 1. The fourth-order valence-corrected chi connectivity index (χ4v) is 6.30. The van der Waals surface area contributed by atoms with Crippen LogP contribution in [0.4, 0.5) is 5.69 Å². The monoisotopic (exact) mass is 433 g/mol. The van der Waals surface area contributed by atoms with Crippen LogP contribution in [-0.4, -0.2) is 18.8 Å². The lowest BCUT2D eigenvalue weighted by Crippen LogP contribution is -2.37. The molecule has 0 saturated carbocycles. The zero-order valence-corrected chi connectivity index (χ0v) is 19.3. The molecule has 4 nitrogen and oxygen atoms in total. The first-order chi connectivity index (χ1) is 15.1. The van der Waals surface area contributed by atoms with E-state index in [0.717, 1.165) is 42.9 Å². The third kappa shape index (κ3) is 3.35. The number of anilines is 1. The summed E-state index contributed by atoms with van der Waals surface area (Å²) >= 11 is 1.86. The summed E-state index contributed by atoms with van der Waals surface area (Å²) in [7, 11) is 1.71. The van der Waals surface area contributed by atoms with E-state index in [-0.39, 0.29) is 0 Å². The summed E-state index contributed by atoms with van der Waals surface area (Å²) in [6, 6.07) is 12.6. The molecule has 1 aromatic heterocycles. The van der Waals surface area contributed by atoms with Crippen LogP contribution in [0.2, 0.25) is 0 Å². The number of thioether (sulfide) groups is 1. The van der Waals surface area contributed by atoms with Crippen LogP contribution < -0.4 is 14.2 Å². The number of nitrogens with zero attached hydrogens (tertiary/aromatic N) is 2. The fraction of sp³-hybridized carbons (Fsp3) is 0.346. The predicted octanol–water partition coefficient (Wildman–Crippen LogP) is 5.67. The molecule has 0 saturated heterocycles. The van der Waals surface area contributed by atoms with Gasteiger partial charge in [0.25, 0.3) is 0 Å². The van der Waals surface area contributed by atoms with E-state index in [2.05, 4.69) is 53.7 Å². The van der Waals surface area contributed by atoms with Crippen LogP contribution in [0.25, 0.3) is 17.0 Å². The van der Waals surface area contributed by atoms with Gasteiger partial charge in [-0.05, 0) is 68.9 Å². The zero-order chi connectivity index (χ0) is 21.5. The molecule has 3 aromatic rings. The maximum atomic E-state index is 10.7. The molecular weight excluding hydrogens is 404 g/mol. The van der Waals surface area contributed by atoms with Gasteiger partial charge >= 0.3 is 0 Å². The maximum absolute atomic E-state index is 10.7. The highest BCUT2D eigenvalue weighted by Crippen LogP contribution is 2.52. The first-order valence-electron chi connectivity index (χ1n) is 11.2. The molecular formula is C26H29N2O2S+. The van der Waals surface area contributed by atoms with Crippen molar-refractivity contribution >= 4 is 34.4 Å². The molecule has 0 bridgehead atoms. The van der Waals surface area contributed by atoms with Gasteiger partial charge in [-0.2, -0.15) is 4.57 Å². The molecule has 2 heterocycles. The number of fused-ring (bicyclic) bond motifs is 4. The summed E-state index contributed by atoms with van der Waals surface area (Å²) in [5.41, 5.74) is 6.08. The van der Waals surface area contributed by atoms with E-state index in [1.54, 1.807) is 7.11 Å². The summed E-state index contributed by atoms with van der Waals surface area (Å²) in [5.74, 6) is 1.35. The second-order valence-electron chi connectivity index (χ2n) is 8.16. The smallest absolute Gasteiger partial charge is 0.213 e. The Morgan fingerprint density at radius 1 is 1.10 bits per heavy atom. The lowest BCUT2D eigenvalue weighted by Gasteiger charge is -2.22. The predicted molar refractivity (Wildman–Crippen MR) is 128 cm³/mol. The number of methoxy groups -OCH3 is 1. The summed E-state index contributed by atoms with van der Waals surface area (Å²) in [5, 5.41) is 13.1. The lowest BCUT2D eigenvalue weighted by molar-refractivity contribution is -0.669. The van der Waals surface area contributed by atoms with Crippen LogP contribution in [0.3, 0.4) is 0 Å². The quantitative estimate of drug-likeness (QED) is 0.538. The Hall–Kier alpha value is -2.66. The molecule has 5 rings (SSSR count). The molecule has 0 amide bonds. The van der Waals surface area contributed by atoms with Crippen molar-refractivity contribution < 1.29 is 14.4 Å². The van der Waals surface area contributed by atoms with E-state index in [1.807, 2.05) is 23.9 Å². The van der Waals surface area contributed by atoms with E-state index >= 15 is 0 Å². The van der Waals surface area contributed by atoms with Crippen molar-refractivity contribution in [1.82, 2.24) is 0 Å². The van der Waals surface area contributed by atoms with E-state index < -0.39 is 0 Å². The first kappa shape index (κ1) is 20.3. The van der Waals surface area contributed by atoms with Gasteiger partial charge in [0.1, 0.15) is 18.0 Å². The van der Waals surface area contributed by atoms with Crippen LogP contribution >= 0.6 is 11.8 Å². The maximum Gasteiger partial charge on any atom is 0.213 e. The van der Waals surface area contributed by atoms with Crippen molar-refractivity contribution in [3.63, 3.8) is 0 Å². The van der Waals surface area contributed by atoms with Gasteiger partial charge in [-0.15, -0.1) is 0 Å². The van der Waals surface area contributed by atoms with Crippen molar-refractivity contribution in [2.24, 2.45) is 0 Å². The largest absolute Gasteiger partial charge is 0.508 e. The SMILES string of the molecule is CCN1/C(=C/c2ccc3cc(OC)ccc3[n+]2CC)Sc2c1cc(O)c1c2CCCC1. The summed E-state index contributed by atoms with van der Waals surface area (Å²) in [6.07, 6.45) is 6.73. The Kier molecular flexibility index (Phi) is 5.30. The van der Waals surface area contributed by atoms with Gasteiger partial charge in [-0.3, -0.25) is 0 Å². The van der Waals surface area contributed by atoms with Crippen molar-refractivity contribution in [1.29, 1.82) is 0 Å². The standard InChI is InChI=1S/C26H28N2O2S/c1-4-27-18(11-10-17-14-19(30-3)12-13-22(17)27)15-25-28(5-2)23-16-24(29)20-8-6-7-9-21(20)26(23)31-25/h10-16H,4-9H2,1-3H3/p+1. The summed E-state index contributed by atoms with van der Waals surface area (Å²) < 4.78 is 7.75. The van der Waals surface area contributed by atoms with Gasteiger partial charge in [0.05, 0.1) is 23.2 Å². The number of ether oxygens (including phenoxy) is 1. The number of rotatable bonds is 4. The third-order valence-electron chi connectivity index (χ3n) is 6.50. The molecule has 0 spiro atoms. The summed E-state index contributed by atoms with van der Waals surface area (Å²) in [4.78, 5) is 3.68. The lowest BCUT2D eigenvalue weighted by atomic mass is 9.90. The molecule has 5 heteroatoms. The van der Waals surface area contributed by atoms with Gasteiger partial charge in [0, 0.05) is 35.7 Å². The van der Waals surface area contributed by atoms with Crippen LogP contribution in [0.1, 0.15) is 43.5 Å². The molecule has 0 atom stereocenters. The van der Waals surface area contributed by atoms with Gasteiger partial charge in [-0.1, -0.05) is 11.8 Å². The number of phenols is 1. The Morgan fingerprint density at radius 2 is 1.90 bits per heavy atom. The molecule has 2 aliphatic rings. The molecule has 1 aliphatic heterocycles. The average molecular weight is 434 g/mol. The minimum atomic E-state index is 0.469. The van der Waals surface area contributed by atoms with Crippen LogP contribution in [0.15, 0.2) is 46.3 Å². The Balaban J connectivity index is 1.61. The molecule has 0 unspecified atom stereocenters. The summed E-state index contributed by atoms with van der Waals surface area (Å²) in [6.45, 7) is 6.14. The number of benzene rings is 2. The topological polar surface area (TPSA) is 36.6 Å². The van der Waals surface area contributed by atoms with Gasteiger partial charge in [-0.25, -0.2) is 0 Å². The number of aromatic nitrogens is 1. The Labute approximate surface area is 188 Å². The molecule has 1 aliphatic carbocycles. The highest BCUT2D eigenvalue weighted by atomic mass is 32.2. The molecule has 160 valence electrons. The highest BCUT2D eigenvalue weighted by molar-refractivity contribution is 8.04. The van der Waals surface area contributed by atoms with Crippen LogP contribution in [-0.2, 0) is 19.4 Å². The van der Waals surface area contributed by atoms with Crippen molar-refractivity contribution in [2.45, 2.75) is 51.0 Å². The number of hydrogen-bond acceptors (Lipinski definition) is 4. The average Bonchev–Trinajstić information content (AvgIpc) is 3.15. The van der Waals surface area contributed by atoms with Crippen molar-refractivity contribution in [3.8, 4) is 11.5 Å². The van der Waals surface area contributed by atoms with E-state index in [1.165, 1.54) is 44.9 Å². The normalized spacial score (nSPS) is 16.6. The highest BCUT2D eigenvalue weighted by Gasteiger charge is 2.31. The Bertz CT molecular complexity index is 1200. The molecule has 31 heavy (non-hydrogen) atoms. The number of hydrogen-bond donors (Lipinski definition) is 1. The van der Waals surface area contributed by atoms with Gasteiger partial charge in [0.2, 0.25) is 11.2 Å². The number of phenolic OH excluding ortho intramolecular Hbond substituents is 1. The number of aryl methyl sites for hydroxylation is 1. The second-order valence-corrected chi connectivity index (χ2v) is 9.19. The van der Waals surface area contributed by atoms with Crippen LogP contribution in [0, 0.1) is 0 Å². The van der Waals surface area contributed by atoms with E-state index in [0.29, 0.717) is 5.75 Å². The Morgan fingerprint density at radius 3 is 2.65 bits per heavy atom. The van der Waals surface area contributed by atoms with Gasteiger partial charge < -0.3 is 14.7 Å². The van der Waals surface area contributed by atoms with E-state index in [9.17, 15) is 5.11 Å². The van der Waals surface area contributed by atoms with Gasteiger partial charge in [0.15, 0.2) is 0 Å². The third-order valence-corrected chi connectivity index (χ3v) is 7.70. The molecule has 0 fully saturated rings. The first-order valence-corrected chi connectivity index (χ1v) is 12.0. The minimum Gasteiger partial charge on any atom is -0.508 e. The molecule has 2 aromatic carbocycles. The molecule has 0 radical (unpaired) electrons. The second kappa shape index (κ2) is 8.12. The fourth-order valence-electron chi connectivity index (χ4n) is 4.95. The number of pyridine rings is 1. The van der Waals surface area contributed by atoms with Crippen molar-refractivity contribution in [3.05, 3.63) is 58.2 Å². The molecule has 1 N–H and O–H groups in total. The van der Waals surface area contributed by atoms with E-state index in [4.69, 9.17) is 4.74 Å². The minimum absolute atomic E-state index is 0.469. The van der Waals surface area contributed by atoms with Crippen LogP contribution in [0.5, 0.6) is 11.5 Å².